The van der Waals surface area contributed by atoms with Crippen molar-refractivity contribution in [3.63, 3.8) is 0 Å². The van der Waals surface area contributed by atoms with Gasteiger partial charge in [-0.05, 0) is 19.4 Å². The molecule has 9 heteroatoms. The van der Waals surface area contributed by atoms with Crippen molar-refractivity contribution in [3.8, 4) is 0 Å². The second-order valence-electron chi connectivity index (χ2n) is 7.32. The lowest BCUT2D eigenvalue weighted by Gasteiger charge is -2.23. The van der Waals surface area contributed by atoms with Gasteiger partial charge >= 0.3 is 5.69 Å². The summed E-state index contributed by atoms with van der Waals surface area (Å²) in [5.74, 6) is -0.771. The summed E-state index contributed by atoms with van der Waals surface area (Å²) < 4.78 is 18.9. The maximum Gasteiger partial charge on any atom is 0.331 e. The fraction of sp³-hybridized carbons (Fsp3) is 0.350. The highest BCUT2D eigenvalue weighted by atomic mass is 16.8. The van der Waals surface area contributed by atoms with E-state index in [1.54, 1.807) is 13.8 Å². The number of hydrogen-bond donors (Lipinski definition) is 2. The van der Waals surface area contributed by atoms with E-state index in [2.05, 4.69) is 10.3 Å². The van der Waals surface area contributed by atoms with Gasteiger partial charge in [0.15, 0.2) is 18.0 Å². The van der Waals surface area contributed by atoms with Crippen molar-refractivity contribution in [1.82, 2.24) is 14.9 Å². The van der Waals surface area contributed by atoms with Gasteiger partial charge < -0.3 is 19.5 Å². The van der Waals surface area contributed by atoms with E-state index < -0.39 is 35.5 Å². The quantitative estimate of drug-likeness (QED) is 0.786. The van der Waals surface area contributed by atoms with Crippen molar-refractivity contribution < 1.29 is 19.0 Å². The summed E-state index contributed by atoms with van der Waals surface area (Å²) in [7, 11) is 0. The van der Waals surface area contributed by atoms with Crippen LogP contribution in [0, 0.1) is 0 Å². The van der Waals surface area contributed by atoms with E-state index in [1.165, 1.54) is 23.0 Å². The van der Waals surface area contributed by atoms with Crippen LogP contribution in [-0.4, -0.2) is 33.5 Å². The Hall–Kier alpha value is -3.17. The molecule has 2 aliphatic rings. The van der Waals surface area contributed by atoms with E-state index >= 15 is 0 Å². The Morgan fingerprint density at radius 3 is 2.69 bits per heavy atom. The standard InChI is InChI=1S/C20H21N3O6/c1-20(2)28-16-13(11-21-15(25)10-12-6-4-3-5-7-12)27-18(17(16)29-20)23-9-8-14(24)22-19(23)26/h3-9,11,16-18H,10H2,1-2H3,(H,21,25)(H,22,24,26)/b13-11-/t16-,17-,18-/m1/s1. The van der Waals surface area contributed by atoms with Gasteiger partial charge in [0.25, 0.3) is 5.56 Å². The first-order chi connectivity index (χ1) is 13.8. The highest BCUT2D eigenvalue weighted by molar-refractivity contribution is 5.79. The molecule has 4 rings (SSSR count). The predicted molar refractivity (Wildman–Crippen MR) is 102 cm³/mol. The third-order valence-corrected chi connectivity index (χ3v) is 4.66. The third-order valence-electron chi connectivity index (χ3n) is 4.66. The molecule has 0 saturated carbocycles. The largest absolute Gasteiger partial charge is 0.467 e. The zero-order valence-electron chi connectivity index (χ0n) is 16.0. The van der Waals surface area contributed by atoms with Gasteiger partial charge in [0, 0.05) is 18.5 Å². The lowest BCUT2D eigenvalue weighted by atomic mass is 10.1. The van der Waals surface area contributed by atoms with Crippen LogP contribution in [0.15, 0.2) is 64.1 Å². The first-order valence-corrected chi connectivity index (χ1v) is 9.19. The molecule has 2 aromatic rings. The number of fused-ring (bicyclic) bond motifs is 1. The molecule has 2 aliphatic heterocycles. The summed E-state index contributed by atoms with van der Waals surface area (Å²) >= 11 is 0. The number of hydrogen-bond acceptors (Lipinski definition) is 6. The maximum atomic E-state index is 12.3. The van der Waals surface area contributed by atoms with Crippen LogP contribution >= 0.6 is 0 Å². The van der Waals surface area contributed by atoms with Crippen molar-refractivity contribution in [2.45, 2.75) is 44.5 Å². The molecule has 2 fully saturated rings. The van der Waals surface area contributed by atoms with Gasteiger partial charge in [-0.2, -0.15) is 0 Å². The van der Waals surface area contributed by atoms with Crippen molar-refractivity contribution in [3.05, 3.63) is 81.0 Å². The number of aromatic amines is 1. The first kappa shape index (κ1) is 19.2. The molecule has 0 radical (unpaired) electrons. The van der Waals surface area contributed by atoms with Crippen LogP contribution in [0.3, 0.4) is 0 Å². The second-order valence-corrected chi connectivity index (χ2v) is 7.32. The molecule has 2 saturated heterocycles. The van der Waals surface area contributed by atoms with Gasteiger partial charge in [-0.1, -0.05) is 30.3 Å². The molecule has 0 spiro atoms. The van der Waals surface area contributed by atoms with E-state index in [1.807, 2.05) is 30.3 Å². The Bertz CT molecular complexity index is 1060. The third kappa shape index (κ3) is 4.01. The molecule has 3 heterocycles. The van der Waals surface area contributed by atoms with Crippen LogP contribution in [0.25, 0.3) is 0 Å². The van der Waals surface area contributed by atoms with Crippen LogP contribution in [0.5, 0.6) is 0 Å². The van der Waals surface area contributed by atoms with Crippen molar-refractivity contribution in [1.29, 1.82) is 0 Å². The average molecular weight is 399 g/mol. The molecule has 1 amide bonds. The van der Waals surface area contributed by atoms with Gasteiger partial charge in [0.2, 0.25) is 12.1 Å². The lowest BCUT2D eigenvalue weighted by molar-refractivity contribution is -0.174. The predicted octanol–water partition coefficient (Wildman–Crippen LogP) is 0.786. The molecule has 152 valence electrons. The average Bonchev–Trinajstić information content (AvgIpc) is 3.14. The fourth-order valence-corrected chi connectivity index (χ4v) is 3.43. The number of rotatable bonds is 4. The van der Waals surface area contributed by atoms with E-state index in [9.17, 15) is 14.4 Å². The number of carbonyl (C=O) groups excluding carboxylic acids is 1. The van der Waals surface area contributed by atoms with E-state index in [4.69, 9.17) is 14.2 Å². The number of ether oxygens (including phenoxy) is 3. The molecular weight excluding hydrogens is 378 g/mol. The molecule has 2 N–H and O–H groups in total. The normalized spacial score (nSPS) is 26.1. The van der Waals surface area contributed by atoms with Crippen LogP contribution in [0.4, 0.5) is 0 Å². The number of carbonyl (C=O) groups is 1. The summed E-state index contributed by atoms with van der Waals surface area (Å²) in [6.45, 7) is 3.51. The summed E-state index contributed by atoms with van der Waals surface area (Å²) in [6, 6.07) is 10.6. The van der Waals surface area contributed by atoms with Gasteiger partial charge in [0.1, 0.15) is 5.76 Å². The zero-order chi connectivity index (χ0) is 20.6. The van der Waals surface area contributed by atoms with E-state index in [-0.39, 0.29) is 12.3 Å². The van der Waals surface area contributed by atoms with Crippen LogP contribution in [0.1, 0.15) is 25.6 Å². The topological polar surface area (TPSA) is 112 Å². The Balaban J connectivity index is 1.55. The minimum atomic E-state index is -0.893. The van der Waals surface area contributed by atoms with Crippen molar-refractivity contribution in [2.24, 2.45) is 0 Å². The molecule has 29 heavy (non-hydrogen) atoms. The van der Waals surface area contributed by atoms with Gasteiger partial charge in [0.05, 0.1) is 6.42 Å². The highest BCUT2D eigenvalue weighted by Crippen LogP contribution is 2.44. The Morgan fingerprint density at radius 1 is 1.21 bits per heavy atom. The molecule has 3 atom stereocenters. The molecule has 0 bridgehead atoms. The number of H-pyrrole nitrogens is 1. The summed E-state index contributed by atoms with van der Waals surface area (Å²) in [5.41, 5.74) is -0.245. The first-order valence-electron chi connectivity index (χ1n) is 9.19. The van der Waals surface area contributed by atoms with Gasteiger partial charge in [-0.3, -0.25) is 19.1 Å². The second kappa shape index (κ2) is 7.34. The summed E-state index contributed by atoms with van der Waals surface area (Å²) in [6.07, 6.45) is 0.920. The van der Waals surface area contributed by atoms with E-state index in [0.29, 0.717) is 5.76 Å². The minimum absolute atomic E-state index is 0.213. The number of aromatic nitrogens is 2. The summed E-state index contributed by atoms with van der Waals surface area (Å²) in [4.78, 5) is 38.0. The van der Waals surface area contributed by atoms with Crippen molar-refractivity contribution in [2.75, 3.05) is 0 Å². The van der Waals surface area contributed by atoms with Crippen LogP contribution in [-0.2, 0) is 25.4 Å². The van der Waals surface area contributed by atoms with Crippen LogP contribution < -0.4 is 16.6 Å². The number of nitrogens with zero attached hydrogens (tertiary/aromatic N) is 1. The maximum absolute atomic E-state index is 12.3. The SMILES string of the molecule is CC1(C)O[C@@H]2[C@H](O1)/C(=C/NC(=O)Cc1ccccc1)O[C@H]2n1ccc(=O)[nH]c1=O. The molecule has 1 aromatic heterocycles. The molecule has 0 aliphatic carbocycles. The molecule has 1 aromatic carbocycles. The summed E-state index contributed by atoms with van der Waals surface area (Å²) in [5, 5.41) is 2.70. The monoisotopic (exact) mass is 399 g/mol. The van der Waals surface area contributed by atoms with Crippen LogP contribution in [0.2, 0.25) is 0 Å². The zero-order valence-corrected chi connectivity index (χ0v) is 16.0. The smallest absolute Gasteiger partial charge is 0.331 e. The minimum Gasteiger partial charge on any atom is -0.467 e. The van der Waals surface area contributed by atoms with E-state index in [0.717, 1.165) is 5.56 Å². The van der Waals surface area contributed by atoms with Crippen molar-refractivity contribution >= 4 is 5.91 Å². The Morgan fingerprint density at radius 2 is 1.97 bits per heavy atom. The Labute approximate surface area is 165 Å². The lowest BCUT2D eigenvalue weighted by Crippen LogP contribution is -2.37. The highest BCUT2D eigenvalue weighted by Gasteiger charge is 2.54. The molecule has 9 nitrogen and oxygen atoms in total. The number of nitrogens with one attached hydrogen (secondary N) is 2. The number of amides is 1. The number of benzene rings is 1. The van der Waals surface area contributed by atoms with Gasteiger partial charge in [-0.25, -0.2) is 4.79 Å². The molecule has 0 unspecified atom stereocenters. The molecular formula is C20H21N3O6. The fourth-order valence-electron chi connectivity index (χ4n) is 3.43. The Kier molecular flexibility index (Phi) is 4.85. The van der Waals surface area contributed by atoms with Gasteiger partial charge in [-0.15, -0.1) is 0 Å².